The molecule has 214 valence electrons. The molecule has 0 saturated carbocycles. The number of amides is 2. The van der Waals surface area contributed by atoms with Crippen molar-refractivity contribution in [2.45, 2.75) is 102 Å². The van der Waals surface area contributed by atoms with Gasteiger partial charge in [0.05, 0.1) is 6.10 Å². The maximum Gasteiger partial charge on any atom is 0.326 e. The van der Waals surface area contributed by atoms with Gasteiger partial charge in [-0.1, -0.05) is 12.1 Å². The summed E-state index contributed by atoms with van der Waals surface area (Å²) in [5, 5.41) is 44.9. The fourth-order valence-corrected chi connectivity index (χ4v) is 4.37. The van der Waals surface area contributed by atoms with Crippen molar-refractivity contribution in [3.05, 3.63) is 33.4 Å². The maximum absolute atomic E-state index is 12.7. The van der Waals surface area contributed by atoms with Gasteiger partial charge in [-0.3, -0.25) is 9.59 Å². The van der Waals surface area contributed by atoms with Gasteiger partial charge in [0, 0.05) is 16.5 Å². The third kappa shape index (κ3) is 10.7. The Labute approximate surface area is 236 Å². The van der Waals surface area contributed by atoms with Crippen LogP contribution < -0.4 is 10.6 Å². The lowest BCUT2D eigenvalue weighted by molar-refractivity contribution is -0.298. The van der Waals surface area contributed by atoms with Gasteiger partial charge in [0.25, 0.3) is 5.91 Å². The highest BCUT2D eigenvalue weighted by molar-refractivity contribution is 14.1. The number of benzene rings is 1. The zero-order valence-electron chi connectivity index (χ0n) is 21.7. The zero-order chi connectivity index (χ0) is 28.2. The molecule has 2 amide bonds. The maximum atomic E-state index is 12.7. The van der Waals surface area contributed by atoms with Crippen LogP contribution >= 0.6 is 22.6 Å². The lowest BCUT2D eigenvalue weighted by Gasteiger charge is -2.40. The van der Waals surface area contributed by atoms with Crippen molar-refractivity contribution in [2.75, 3.05) is 6.54 Å². The number of aliphatic hydroxyl groups is 3. The molecule has 0 radical (unpaired) electrons. The Morgan fingerprint density at radius 2 is 1.68 bits per heavy atom. The monoisotopic (exact) mass is 650 g/mol. The molecule has 1 fully saturated rings. The number of carbonyl (C=O) groups is 3. The van der Waals surface area contributed by atoms with Crippen LogP contribution in [0.2, 0.25) is 0 Å². The number of aryl methyl sites for hydroxylation is 1. The molecule has 38 heavy (non-hydrogen) atoms. The molecule has 0 aliphatic carbocycles. The molecule has 1 aliphatic heterocycles. The second kappa shape index (κ2) is 16.3. The number of nitrogens with one attached hydrogen (secondary N) is 2. The first-order chi connectivity index (χ1) is 18.0. The number of aliphatic carboxylic acids is 1. The molecule has 12 heteroatoms. The van der Waals surface area contributed by atoms with E-state index in [0.717, 1.165) is 19.3 Å². The number of carboxylic acid groups (broad SMARTS) is 1. The molecule has 1 aromatic rings. The number of hydrogen-bond donors (Lipinski definition) is 6. The van der Waals surface area contributed by atoms with Crippen LogP contribution in [0.5, 0.6) is 0 Å². The van der Waals surface area contributed by atoms with Crippen molar-refractivity contribution < 1.29 is 44.3 Å². The van der Waals surface area contributed by atoms with Crippen LogP contribution in [0.3, 0.4) is 0 Å². The van der Waals surface area contributed by atoms with E-state index in [1.165, 1.54) is 9.13 Å². The van der Waals surface area contributed by atoms with Gasteiger partial charge >= 0.3 is 5.97 Å². The summed E-state index contributed by atoms with van der Waals surface area (Å²) in [6, 6.07) is 7.03. The van der Waals surface area contributed by atoms with Gasteiger partial charge in [-0.2, -0.15) is 0 Å². The van der Waals surface area contributed by atoms with Gasteiger partial charge in [-0.05, 0) is 92.7 Å². The largest absolute Gasteiger partial charge is 0.480 e. The van der Waals surface area contributed by atoms with Crippen molar-refractivity contribution in [3.8, 4) is 0 Å². The fourth-order valence-electron chi connectivity index (χ4n) is 4.01. The molecule has 0 spiro atoms. The minimum atomic E-state index is -1.77. The Morgan fingerprint density at radius 3 is 2.32 bits per heavy atom. The number of carboxylic acids is 1. The van der Waals surface area contributed by atoms with Crippen molar-refractivity contribution in [3.63, 3.8) is 0 Å². The number of hydrogen-bond acceptors (Lipinski definition) is 8. The van der Waals surface area contributed by atoms with E-state index in [1.54, 1.807) is 13.8 Å². The Bertz CT molecular complexity index is 899. The summed E-state index contributed by atoms with van der Waals surface area (Å²) in [4.78, 5) is 36.4. The number of halogens is 1. The SMILES string of the molecule is CC(C)O[C@@H]1O[C@H](C(=O)N[C@@H](CCCCNC(=O)CCCCc2ccc(I)cc2)C(=O)O)[C@@H](O)[C@H](O)[C@H]1O. The first kappa shape index (κ1) is 32.4. The van der Waals surface area contributed by atoms with E-state index >= 15 is 0 Å². The second-order valence-electron chi connectivity index (χ2n) is 9.66. The van der Waals surface area contributed by atoms with Crippen LogP contribution in [0.1, 0.15) is 57.9 Å². The van der Waals surface area contributed by atoms with E-state index in [-0.39, 0.29) is 12.3 Å². The number of unbranched alkanes of at least 4 members (excludes halogenated alkanes) is 2. The number of carbonyl (C=O) groups excluding carboxylic acids is 2. The van der Waals surface area contributed by atoms with E-state index in [4.69, 9.17) is 9.47 Å². The van der Waals surface area contributed by atoms with E-state index in [0.29, 0.717) is 25.8 Å². The highest BCUT2D eigenvalue weighted by Crippen LogP contribution is 2.23. The fraction of sp³-hybridized carbons (Fsp3) is 0.654. The third-order valence-corrected chi connectivity index (χ3v) is 6.84. The summed E-state index contributed by atoms with van der Waals surface area (Å²) in [6.45, 7) is 3.72. The highest BCUT2D eigenvalue weighted by Gasteiger charge is 2.48. The van der Waals surface area contributed by atoms with Crippen LogP contribution in [0.25, 0.3) is 0 Å². The smallest absolute Gasteiger partial charge is 0.326 e. The molecular weight excluding hydrogens is 611 g/mol. The van der Waals surface area contributed by atoms with Crippen molar-refractivity contribution >= 4 is 40.4 Å². The number of ether oxygens (including phenoxy) is 2. The molecule has 2 rings (SSSR count). The molecule has 6 atom stereocenters. The quantitative estimate of drug-likeness (QED) is 0.120. The van der Waals surface area contributed by atoms with Gasteiger partial charge in [0.15, 0.2) is 12.4 Å². The zero-order valence-corrected chi connectivity index (χ0v) is 23.9. The van der Waals surface area contributed by atoms with E-state index < -0.39 is 54.7 Å². The minimum Gasteiger partial charge on any atom is -0.480 e. The summed E-state index contributed by atoms with van der Waals surface area (Å²) in [5.41, 5.74) is 1.24. The summed E-state index contributed by atoms with van der Waals surface area (Å²) in [5.74, 6) is -2.26. The normalized spacial score (nSPS) is 24.1. The van der Waals surface area contributed by atoms with Gasteiger partial charge in [0.2, 0.25) is 5.91 Å². The molecule has 1 aliphatic rings. The third-order valence-electron chi connectivity index (χ3n) is 6.12. The second-order valence-corrected chi connectivity index (χ2v) is 10.9. The Kier molecular flexibility index (Phi) is 13.9. The lowest BCUT2D eigenvalue weighted by Crippen LogP contribution is -2.63. The average molecular weight is 651 g/mol. The first-order valence-electron chi connectivity index (χ1n) is 12.9. The molecular formula is C26H39IN2O9. The molecule has 1 saturated heterocycles. The van der Waals surface area contributed by atoms with E-state index in [9.17, 15) is 34.8 Å². The van der Waals surface area contributed by atoms with Gasteiger partial charge in [0.1, 0.15) is 24.4 Å². The molecule has 11 nitrogen and oxygen atoms in total. The average Bonchev–Trinajstić information content (AvgIpc) is 2.86. The van der Waals surface area contributed by atoms with Crippen LogP contribution in [0.4, 0.5) is 0 Å². The Hall–Kier alpha value is -1.84. The van der Waals surface area contributed by atoms with E-state index in [1.807, 2.05) is 0 Å². The Balaban J connectivity index is 1.69. The summed E-state index contributed by atoms with van der Waals surface area (Å²) in [6.07, 6.45) is -4.39. The number of aliphatic hydroxyl groups excluding tert-OH is 3. The topological polar surface area (TPSA) is 175 Å². The van der Waals surface area contributed by atoms with Crippen LogP contribution in [0, 0.1) is 3.57 Å². The van der Waals surface area contributed by atoms with Crippen LogP contribution in [-0.4, -0.2) is 87.6 Å². The minimum absolute atomic E-state index is 0.0574. The van der Waals surface area contributed by atoms with Crippen molar-refractivity contribution in [1.82, 2.24) is 10.6 Å². The molecule has 0 aromatic heterocycles. The first-order valence-corrected chi connectivity index (χ1v) is 14.0. The standard InChI is InChI=1S/C26H39IN2O9/c1-15(2)37-26-22(33)20(31)21(32)23(38-26)24(34)29-18(25(35)36)8-5-6-14-28-19(30)9-4-3-7-16-10-12-17(27)13-11-16/h10-13,15,18,20-23,26,31-33H,3-9,14H2,1-2H3,(H,28,30)(H,29,34)(H,35,36)/t18-,20-,21-,22+,23-,26+/m0/s1. The molecule has 0 unspecified atom stereocenters. The molecule has 6 N–H and O–H groups in total. The van der Waals surface area contributed by atoms with E-state index in [2.05, 4.69) is 57.5 Å². The van der Waals surface area contributed by atoms with Crippen molar-refractivity contribution in [2.24, 2.45) is 0 Å². The van der Waals surface area contributed by atoms with Crippen LogP contribution in [-0.2, 0) is 30.3 Å². The van der Waals surface area contributed by atoms with Gasteiger partial charge in [-0.15, -0.1) is 0 Å². The van der Waals surface area contributed by atoms with Crippen LogP contribution in [0.15, 0.2) is 24.3 Å². The number of rotatable bonds is 15. The van der Waals surface area contributed by atoms with Crippen molar-refractivity contribution in [1.29, 1.82) is 0 Å². The summed E-state index contributed by atoms with van der Waals surface area (Å²) >= 11 is 2.26. The molecule has 1 aromatic carbocycles. The Morgan fingerprint density at radius 1 is 1.00 bits per heavy atom. The predicted octanol–water partition coefficient (Wildman–Crippen LogP) is 1.09. The summed E-state index contributed by atoms with van der Waals surface area (Å²) in [7, 11) is 0. The molecule has 1 heterocycles. The predicted molar refractivity (Wildman–Crippen MR) is 146 cm³/mol. The molecule has 0 bridgehead atoms. The summed E-state index contributed by atoms with van der Waals surface area (Å²) < 4.78 is 11.9. The lowest BCUT2D eigenvalue weighted by atomic mass is 9.97. The van der Waals surface area contributed by atoms with Gasteiger partial charge in [-0.25, -0.2) is 4.79 Å². The highest BCUT2D eigenvalue weighted by atomic mass is 127. The van der Waals surface area contributed by atoms with Gasteiger partial charge < -0.3 is 40.5 Å².